The van der Waals surface area contributed by atoms with Gasteiger partial charge in [-0.2, -0.15) is 5.21 Å². The number of anilines is 1. The predicted molar refractivity (Wildman–Crippen MR) is 53.2 cm³/mol. The number of piperazine rings is 3. The molecule has 0 unspecified atom stereocenters. The molecule has 0 aromatic carbocycles. The number of nitrogens with two attached hydrogens (primary N) is 1. The lowest BCUT2D eigenvalue weighted by atomic mass is 10.2. The van der Waals surface area contributed by atoms with Crippen LogP contribution in [0.25, 0.3) is 0 Å². The molecule has 15 heavy (non-hydrogen) atoms. The summed E-state index contributed by atoms with van der Waals surface area (Å²) in [5, 5.41) is 12.6. The highest BCUT2D eigenvalue weighted by Gasteiger charge is 2.25. The van der Waals surface area contributed by atoms with Gasteiger partial charge in [0.25, 0.3) is 0 Å². The van der Waals surface area contributed by atoms with Gasteiger partial charge in [0.2, 0.25) is 0 Å². The molecule has 2 bridgehead atoms. The van der Waals surface area contributed by atoms with Gasteiger partial charge in [0.05, 0.1) is 25.6 Å². The third-order valence-corrected chi connectivity index (χ3v) is 2.68. The van der Waals surface area contributed by atoms with E-state index in [4.69, 9.17) is 5.73 Å². The van der Waals surface area contributed by atoms with Crippen LogP contribution >= 0.6 is 0 Å². The van der Waals surface area contributed by atoms with Crippen LogP contribution in [0.4, 0.5) is 5.95 Å². The van der Waals surface area contributed by atoms with Gasteiger partial charge in [-0.3, -0.25) is 10.00 Å². The number of hydrogen-bond donors (Lipinski definition) is 2. The maximum absolute atomic E-state index is 4.93. The highest BCUT2D eigenvalue weighted by molar-refractivity contribution is 5.04. The summed E-state index contributed by atoms with van der Waals surface area (Å²) in [5.41, 5.74) is 4.93. The van der Waals surface area contributed by atoms with Gasteiger partial charge in [0.1, 0.15) is 0 Å². The highest BCUT2D eigenvalue weighted by atomic mass is 16.0. The fraction of sp³-hybridized carbons (Fsp3) is 0.857. The van der Waals surface area contributed by atoms with Crippen LogP contribution in [0.3, 0.4) is 0 Å². The molecule has 0 radical (unpaired) electrons. The van der Waals surface area contributed by atoms with Crippen LogP contribution in [-0.2, 0) is 0 Å². The van der Waals surface area contributed by atoms with Gasteiger partial charge in [-0.15, -0.1) is 5.21 Å². The molecule has 1 aromatic rings. The second kappa shape index (κ2) is 5.59. The van der Waals surface area contributed by atoms with Gasteiger partial charge in [-0.25, -0.2) is 5.10 Å². The zero-order valence-electron chi connectivity index (χ0n) is 8.56. The van der Waals surface area contributed by atoms with E-state index in [1.54, 1.807) is 0 Å². The van der Waals surface area contributed by atoms with Gasteiger partial charge < -0.3 is 16.1 Å². The van der Waals surface area contributed by atoms with Crippen molar-refractivity contribution in [1.29, 1.82) is 0 Å². The molecule has 0 aliphatic carbocycles. The Hall–Kier alpha value is -1.25. The van der Waals surface area contributed by atoms with Crippen LogP contribution < -0.4 is 15.7 Å². The van der Waals surface area contributed by atoms with Crippen molar-refractivity contribution in [3.05, 3.63) is 0 Å². The first-order valence-corrected chi connectivity index (χ1v) is 4.85. The minimum atomic E-state index is 0. The molecule has 0 atom stereocenters. The second-order valence-electron chi connectivity index (χ2n) is 3.58. The van der Waals surface area contributed by atoms with Crippen LogP contribution in [0.1, 0.15) is 0 Å². The van der Waals surface area contributed by atoms with E-state index in [-0.39, 0.29) is 11.4 Å². The molecule has 5 N–H and O–H groups in total. The van der Waals surface area contributed by atoms with Crippen LogP contribution in [0.5, 0.6) is 0 Å². The highest BCUT2D eigenvalue weighted by Crippen LogP contribution is 1.91. The number of fused-ring (bicyclic) bond motifs is 3. The van der Waals surface area contributed by atoms with Crippen molar-refractivity contribution in [1.82, 2.24) is 25.5 Å². The summed E-state index contributed by atoms with van der Waals surface area (Å²) in [6, 6.07) is 0. The van der Waals surface area contributed by atoms with Gasteiger partial charge in [0, 0.05) is 19.6 Å². The number of nitrogens with one attached hydrogen (secondary N) is 1. The Kier molecular flexibility index (Phi) is 4.40. The first kappa shape index (κ1) is 11.8. The fourth-order valence-corrected chi connectivity index (χ4v) is 1.81. The molecule has 8 heteroatoms. The monoisotopic (exact) mass is 215 g/mol. The van der Waals surface area contributed by atoms with Gasteiger partial charge in [-0.1, -0.05) is 0 Å². The normalized spacial score (nSPS) is 27.5. The molecular formula is C7H17N7O. The Balaban J connectivity index is 0.000000146. The van der Waals surface area contributed by atoms with E-state index in [2.05, 4.69) is 25.5 Å². The van der Waals surface area contributed by atoms with Crippen LogP contribution in [-0.4, -0.2) is 65.2 Å². The maximum atomic E-state index is 4.93. The summed E-state index contributed by atoms with van der Waals surface area (Å²) in [4.78, 5) is 4.39. The van der Waals surface area contributed by atoms with Crippen LogP contribution in [0.15, 0.2) is 0 Å². The van der Waals surface area contributed by atoms with Crippen LogP contribution in [0.2, 0.25) is 0 Å². The lowest BCUT2D eigenvalue weighted by Gasteiger charge is -2.38. The van der Waals surface area contributed by atoms with E-state index in [0.717, 1.165) is 0 Å². The van der Waals surface area contributed by atoms with Crippen molar-refractivity contribution >= 4 is 5.95 Å². The number of nitrogens with zero attached hydrogens (tertiary/aromatic N) is 5. The molecule has 0 amide bonds. The quantitative estimate of drug-likeness (QED) is 0.453. The number of hydrogen-bond acceptors (Lipinski definition) is 5. The summed E-state index contributed by atoms with van der Waals surface area (Å²) in [6.07, 6.45) is 0. The van der Waals surface area contributed by atoms with Gasteiger partial charge in [0.15, 0.2) is 0 Å². The summed E-state index contributed by atoms with van der Waals surface area (Å²) in [6.45, 7) is 8.28. The Bertz CT molecular complexity index is 233. The molecular weight excluding hydrogens is 198 g/mol. The van der Waals surface area contributed by atoms with E-state index in [0.29, 0.717) is 0 Å². The molecule has 0 spiro atoms. The van der Waals surface area contributed by atoms with E-state index in [1.807, 2.05) is 4.90 Å². The number of aromatic nitrogens is 4. The maximum Gasteiger partial charge on any atom is 0.0924 e. The summed E-state index contributed by atoms with van der Waals surface area (Å²) < 4.78 is 0. The first-order chi connectivity index (χ1) is 6.84. The van der Waals surface area contributed by atoms with E-state index < -0.39 is 0 Å². The van der Waals surface area contributed by atoms with E-state index >= 15 is 0 Å². The van der Waals surface area contributed by atoms with Crippen molar-refractivity contribution in [3.63, 3.8) is 0 Å². The second-order valence-corrected chi connectivity index (χ2v) is 3.58. The Morgan fingerprint density at radius 1 is 1.20 bits per heavy atom. The molecule has 86 valence electrons. The van der Waals surface area contributed by atoms with Gasteiger partial charge in [-0.05, 0) is 0 Å². The Morgan fingerprint density at radius 2 is 1.80 bits per heavy atom. The predicted octanol–water partition coefficient (Wildman–Crippen LogP) is -4.21. The number of nitrogen functional groups attached to an aromatic ring is 1. The standard InChI is InChI=1S/C6H12N2.CH2N5.H2O/c1-2-8-5-3-7(1)4-6-8;2-1-3-5-6-4-1;/h1-6H2;(H2-,2,3,4,5,6);1H2/q;-1;/p+1. The van der Waals surface area contributed by atoms with E-state index in [9.17, 15) is 0 Å². The van der Waals surface area contributed by atoms with E-state index in [1.165, 1.54) is 39.3 Å². The third-order valence-electron chi connectivity index (χ3n) is 2.68. The molecule has 4 heterocycles. The smallest absolute Gasteiger partial charge is 0.0924 e. The number of tetrazole rings is 1. The lowest BCUT2D eigenvalue weighted by molar-refractivity contribution is -0.914. The van der Waals surface area contributed by atoms with Crippen molar-refractivity contribution in [2.45, 2.75) is 0 Å². The fourth-order valence-electron chi connectivity index (χ4n) is 1.81. The average molecular weight is 215 g/mol. The van der Waals surface area contributed by atoms with Crippen molar-refractivity contribution in [2.75, 3.05) is 45.0 Å². The Morgan fingerprint density at radius 3 is 1.93 bits per heavy atom. The molecule has 3 aliphatic heterocycles. The molecule has 8 nitrogen and oxygen atoms in total. The lowest BCUT2D eigenvalue weighted by Crippen LogP contribution is -3.17. The zero-order chi connectivity index (χ0) is 9.80. The first-order valence-electron chi connectivity index (χ1n) is 4.85. The molecule has 1 aromatic heterocycles. The molecule has 3 fully saturated rings. The molecule has 0 saturated carbocycles. The zero-order valence-corrected chi connectivity index (χ0v) is 8.56. The molecule has 3 aliphatic rings. The van der Waals surface area contributed by atoms with Crippen LogP contribution in [0, 0.1) is 0 Å². The number of rotatable bonds is 0. The molecule has 4 rings (SSSR count). The van der Waals surface area contributed by atoms with Crippen molar-refractivity contribution in [3.8, 4) is 0 Å². The summed E-state index contributed by atoms with van der Waals surface area (Å²) in [5.74, 6) is 0.120. The summed E-state index contributed by atoms with van der Waals surface area (Å²) in [7, 11) is 0. The largest absolute Gasteiger partial charge is 0.430 e. The minimum absolute atomic E-state index is 0. The van der Waals surface area contributed by atoms with Gasteiger partial charge >= 0.3 is 0 Å². The topological polar surface area (TPSA) is 118 Å². The summed E-state index contributed by atoms with van der Waals surface area (Å²) >= 11 is 0. The minimum Gasteiger partial charge on any atom is -0.430 e. The Labute approximate surface area is 87.7 Å². The SMILES string of the molecule is C1C[NH+]2CCN1CC2.Nc1nnn[n-]1.O. The molecule has 3 saturated heterocycles. The number of quaternary nitrogens is 1. The van der Waals surface area contributed by atoms with Crippen molar-refractivity contribution < 1.29 is 10.4 Å². The third kappa shape index (κ3) is 3.42. The van der Waals surface area contributed by atoms with Crippen molar-refractivity contribution in [2.24, 2.45) is 0 Å². The average Bonchev–Trinajstić information content (AvgIpc) is 2.73.